The smallest absolute Gasteiger partial charge is 0.352 e. The van der Waals surface area contributed by atoms with Crippen molar-refractivity contribution in [3.63, 3.8) is 0 Å². The third kappa shape index (κ3) is 5.56. The fourth-order valence-corrected chi connectivity index (χ4v) is 4.38. The molecule has 1 aromatic heterocycles. The van der Waals surface area contributed by atoms with Crippen LogP contribution < -0.4 is 10.9 Å². The van der Waals surface area contributed by atoms with E-state index in [1.165, 1.54) is 6.42 Å². The number of halogens is 4. The molecule has 0 bridgehead atoms. The zero-order valence-corrected chi connectivity index (χ0v) is 17.3. The van der Waals surface area contributed by atoms with E-state index in [9.17, 15) is 27.6 Å². The molecular formula is C20H25ClF3N3O3. The Morgan fingerprint density at radius 1 is 1.10 bits per heavy atom. The number of hydrogen-bond acceptors (Lipinski definition) is 3. The number of nitrogens with zero attached hydrogens (tertiary/aromatic N) is 2. The number of nitrogens with one attached hydrogen (secondary N) is 1. The molecular weight excluding hydrogens is 423 g/mol. The standard InChI is InChI=1S/C20H25ClF3N3O3/c21-16-10-14(20(22,23)24)11-27(19(16)30)12-17(28)25-15-6-8-26(9-7-15)18(29)13-4-2-1-3-5-13/h10-11,13,15H,1-9,12H2,(H,25,28). The number of hydrogen-bond donors (Lipinski definition) is 1. The topological polar surface area (TPSA) is 71.4 Å². The molecule has 2 amide bonds. The molecule has 6 nitrogen and oxygen atoms in total. The van der Waals surface area contributed by atoms with Crippen LogP contribution in [0.25, 0.3) is 0 Å². The van der Waals surface area contributed by atoms with Crippen LogP contribution in [0.2, 0.25) is 5.02 Å². The maximum atomic E-state index is 12.9. The van der Waals surface area contributed by atoms with Crippen LogP contribution >= 0.6 is 11.6 Å². The molecule has 1 aromatic rings. The van der Waals surface area contributed by atoms with E-state index >= 15 is 0 Å². The van der Waals surface area contributed by atoms with Gasteiger partial charge in [-0.25, -0.2) is 0 Å². The minimum Gasteiger partial charge on any atom is -0.352 e. The van der Waals surface area contributed by atoms with Crippen LogP contribution in [0.15, 0.2) is 17.1 Å². The lowest BCUT2D eigenvalue weighted by Gasteiger charge is -2.35. The van der Waals surface area contributed by atoms with Crippen molar-refractivity contribution in [2.24, 2.45) is 5.92 Å². The molecule has 3 rings (SSSR count). The summed E-state index contributed by atoms with van der Waals surface area (Å²) >= 11 is 5.61. The zero-order valence-electron chi connectivity index (χ0n) is 16.5. The lowest BCUT2D eigenvalue weighted by Crippen LogP contribution is -2.49. The van der Waals surface area contributed by atoms with Crippen LogP contribution in [0.1, 0.15) is 50.5 Å². The van der Waals surface area contributed by atoms with Gasteiger partial charge in [0.25, 0.3) is 5.56 Å². The summed E-state index contributed by atoms with van der Waals surface area (Å²) in [5.41, 5.74) is -1.94. The molecule has 166 valence electrons. The Morgan fingerprint density at radius 2 is 1.73 bits per heavy atom. The summed E-state index contributed by atoms with van der Waals surface area (Å²) in [6.07, 6.45) is 2.28. The lowest BCUT2D eigenvalue weighted by molar-refractivity contribution is -0.139. The van der Waals surface area contributed by atoms with Crippen molar-refractivity contribution < 1.29 is 22.8 Å². The van der Waals surface area contributed by atoms with Crippen molar-refractivity contribution in [1.82, 2.24) is 14.8 Å². The van der Waals surface area contributed by atoms with Crippen LogP contribution in [0.4, 0.5) is 13.2 Å². The van der Waals surface area contributed by atoms with Crippen LogP contribution in [-0.2, 0) is 22.3 Å². The molecule has 0 aromatic carbocycles. The van der Waals surface area contributed by atoms with Gasteiger partial charge < -0.3 is 14.8 Å². The Bertz CT molecular complexity index is 842. The molecule has 0 unspecified atom stereocenters. The third-order valence-corrected chi connectivity index (χ3v) is 6.08. The first-order valence-corrected chi connectivity index (χ1v) is 10.6. The summed E-state index contributed by atoms with van der Waals surface area (Å²) in [6.45, 7) is 0.523. The van der Waals surface area contributed by atoms with Crippen LogP contribution in [0, 0.1) is 5.92 Å². The summed E-state index contributed by atoms with van der Waals surface area (Å²) in [7, 11) is 0. The van der Waals surface area contributed by atoms with E-state index in [2.05, 4.69) is 5.32 Å². The van der Waals surface area contributed by atoms with E-state index in [1.54, 1.807) is 0 Å². The highest BCUT2D eigenvalue weighted by atomic mass is 35.5. The Balaban J connectivity index is 1.53. The van der Waals surface area contributed by atoms with Gasteiger partial charge in [0.15, 0.2) is 0 Å². The summed E-state index contributed by atoms with van der Waals surface area (Å²) in [4.78, 5) is 38.7. The van der Waals surface area contributed by atoms with E-state index in [0.29, 0.717) is 42.8 Å². The fraction of sp³-hybridized carbons (Fsp3) is 0.650. The first kappa shape index (κ1) is 22.7. The average Bonchev–Trinajstić information content (AvgIpc) is 2.71. The molecule has 1 aliphatic carbocycles. The monoisotopic (exact) mass is 447 g/mol. The van der Waals surface area contributed by atoms with Gasteiger partial charge in [-0.3, -0.25) is 14.4 Å². The molecule has 1 aliphatic heterocycles. The van der Waals surface area contributed by atoms with E-state index in [1.807, 2.05) is 4.90 Å². The summed E-state index contributed by atoms with van der Waals surface area (Å²) < 4.78 is 39.4. The molecule has 1 N–H and O–H groups in total. The molecule has 1 saturated carbocycles. The quantitative estimate of drug-likeness (QED) is 0.770. The van der Waals surface area contributed by atoms with Crippen molar-refractivity contribution in [2.75, 3.05) is 13.1 Å². The summed E-state index contributed by atoms with van der Waals surface area (Å²) in [5, 5.41) is 2.16. The number of carbonyl (C=O) groups excluding carboxylic acids is 2. The van der Waals surface area contributed by atoms with E-state index < -0.39 is 34.8 Å². The predicted molar refractivity (Wildman–Crippen MR) is 105 cm³/mol. The van der Waals surface area contributed by atoms with E-state index in [4.69, 9.17) is 11.6 Å². The van der Waals surface area contributed by atoms with Gasteiger partial charge in [-0.2, -0.15) is 13.2 Å². The number of rotatable bonds is 4. The Kier molecular flexibility index (Phi) is 7.10. The van der Waals surface area contributed by atoms with Gasteiger partial charge in [0.05, 0.1) is 5.56 Å². The minimum absolute atomic E-state index is 0.0995. The lowest BCUT2D eigenvalue weighted by atomic mass is 9.87. The number of aromatic nitrogens is 1. The highest BCUT2D eigenvalue weighted by molar-refractivity contribution is 6.30. The van der Waals surface area contributed by atoms with Gasteiger partial charge in [0.2, 0.25) is 11.8 Å². The van der Waals surface area contributed by atoms with Gasteiger partial charge in [0.1, 0.15) is 11.6 Å². The van der Waals surface area contributed by atoms with Crippen molar-refractivity contribution in [2.45, 2.75) is 63.7 Å². The molecule has 2 aliphatic rings. The number of amides is 2. The Hall–Kier alpha value is -2.03. The molecule has 1 saturated heterocycles. The van der Waals surface area contributed by atoms with Gasteiger partial charge in [-0.15, -0.1) is 0 Å². The SMILES string of the molecule is O=C(Cn1cc(C(F)(F)F)cc(Cl)c1=O)NC1CCN(C(=O)C2CCCCC2)CC1. The summed E-state index contributed by atoms with van der Waals surface area (Å²) in [5.74, 6) is -0.281. The molecule has 2 heterocycles. The van der Waals surface area contributed by atoms with Gasteiger partial charge in [0, 0.05) is 31.2 Å². The second kappa shape index (κ2) is 9.41. The second-order valence-electron chi connectivity index (χ2n) is 8.01. The maximum absolute atomic E-state index is 12.9. The molecule has 0 spiro atoms. The third-order valence-electron chi connectivity index (χ3n) is 5.81. The van der Waals surface area contributed by atoms with Crippen LogP contribution in [-0.4, -0.2) is 40.4 Å². The molecule has 2 fully saturated rings. The average molecular weight is 448 g/mol. The highest BCUT2D eigenvalue weighted by Gasteiger charge is 2.33. The second-order valence-corrected chi connectivity index (χ2v) is 8.42. The normalized spacial score (nSPS) is 19.0. The van der Waals surface area contributed by atoms with Crippen molar-refractivity contribution in [3.05, 3.63) is 33.2 Å². The van der Waals surface area contributed by atoms with Crippen LogP contribution in [0.3, 0.4) is 0 Å². The van der Waals surface area contributed by atoms with E-state index in [0.717, 1.165) is 25.7 Å². The summed E-state index contributed by atoms with van der Waals surface area (Å²) in [6, 6.07) is 0.363. The predicted octanol–water partition coefficient (Wildman–Crippen LogP) is 3.21. The molecule has 0 atom stereocenters. The first-order chi connectivity index (χ1) is 14.1. The van der Waals surface area contributed by atoms with Gasteiger partial charge in [-0.05, 0) is 31.7 Å². The number of pyridine rings is 1. The Morgan fingerprint density at radius 3 is 2.33 bits per heavy atom. The van der Waals surface area contributed by atoms with Gasteiger partial charge >= 0.3 is 6.18 Å². The number of alkyl halides is 3. The highest BCUT2D eigenvalue weighted by Crippen LogP contribution is 2.29. The number of likely N-dealkylation sites (tertiary alicyclic amines) is 1. The molecule has 0 radical (unpaired) electrons. The largest absolute Gasteiger partial charge is 0.417 e. The van der Waals surface area contributed by atoms with Crippen LogP contribution in [0.5, 0.6) is 0 Å². The number of carbonyl (C=O) groups is 2. The Labute approximate surface area is 177 Å². The van der Waals surface area contributed by atoms with Crippen molar-refractivity contribution in [3.8, 4) is 0 Å². The maximum Gasteiger partial charge on any atom is 0.417 e. The zero-order chi connectivity index (χ0) is 21.9. The molecule has 30 heavy (non-hydrogen) atoms. The number of piperidine rings is 1. The van der Waals surface area contributed by atoms with Crippen molar-refractivity contribution >= 4 is 23.4 Å². The molecule has 10 heteroatoms. The minimum atomic E-state index is -4.67. The van der Waals surface area contributed by atoms with Gasteiger partial charge in [-0.1, -0.05) is 30.9 Å². The fourth-order valence-electron chi connectivity index (χ4n) is 4.15. The first-order valence-electron chi connectivity index (χ1n) is 10.2. The van der Waals surface area contributed by atoms with Crippen molar-refractivity contribution in [1.29, 1.82) is 0 Å². The van der Waals surface area contributed by atoms with E-state index in [-0.39, 0.29) is 17.9 Å².